The number of rotatable bonds is 7. The number of amides is 1. The fourth-order valence-corrected chi connectivity index (χ4v) is 7.61. The molecule has 1 saturated carbocycles. The average Bonchev–Trinajstić information content (AvgIpc) is 3.76. The van der Waals surface area contributed by atoms with Gasteiger partial charge in [-0.05, 0) is 67.6 Å². The van der Waals surface area contributed by atoms with Crippen LogP contribution in [0.1, 0.15) is 41.6 Å². The van der Waals surface area contributed by atoms with Crippen molar-refractivity contribution in [3.8, 4) is 11.6 Å². The van der Waals surface area contributed by atoms with E-state index in [1.54, 1.807) is 47.1 Å². The van der Waals surface area contributed by atoms with E-state index in [9.17, 15) is 14.7 Å². The summed E-state index contributed by atoms with van der Waals surface area (Å²) in [7, 11) is 1.41. The first-order valence-electron chi connectivity index (χ1n) is 14.8. The van der Waals surface area contributed by atoms with E-state index in [2.05, 4.69) is 10.2 Å². The van der Waals surface area contributed by atoms with Gasteiger partial charge in [0.2, 0.25) is 11.8 Å². The van der Waals surface area contributed by atoms with Crippen molar-refractivity contribution in [2.75, 3.05) is 25.6 Å². The molecule has 0 unspecified atom stereocenters. The number of fused-ring (bicyclic) bond motifs is 4. The summed E-state index contributed by atoms with van der Waals surface area (Å²) in [4.78, 5) is 28.6. The number of aromatic carboxylic acids is 1. The number of nitrogens with one attached hydrogen (secondary N) is 1. The normalized spacial score (nSPS) is 24.4. The van der Waals surface area contributed by atoms with Crippen LogP contribution in [0.5, 0.6) is 11.6 Å². The predicted octanol–water partition coefficient (Wildman–Crippen LogP) is 6.47. The number of nitrogens with zero attached hydrogens (tertiary/aromatic N) is 3. The molecule has 12 heteroatoms. The van der Waals surface area contributed by atoms with Gasteiger partial charge in [0.05, 0.1) is 29.1 Å². The molecule has 0 bridgehead atoms. The van der Waals surface area contributed by atoms with Crippen LogP contribution in [0.4, 0.5) is 10.1 Å². The molecule has 3 aliphatic rings. The van der Waals surface area contributed by atoms with Crippen LogP contribution in [-0.2, 0) is 11.3 Å². The molecule has 1 amide bonds. The Morgan fingerprint density at radius 1 is 1.18 bits per heavy atom. The first-order chi connectivity index (χ1) is 21.6. The molecule has 2 aliphatic heterocycles. The molecule has 7 rings (SSSR count). The number of methoxy groups -OCH3 is 1. The standard InChI is InChI=1S/C33H31Cl2FN4O5/c1-33(32(43)37-19-6-3-5-18(34)11-19)28(20-7-4-8-24(35)29(20)36)23-15-40-30(45-16-26(23)39(33)14-17-9-10-17)21-13-27(44-2)22(31(41)42)12-25(21)38-40/h3-8,11-13,17,23,26,28H,9-10,14-16H2,1-2H3,(H,37,43)(H,41,42)/t23-,26+,28+,33-/m1/s1. The minimum atomic E-state index is -1.21. The van der Waals surface area contributed by atoms with E-state index in [0.29, 0.717) is 45.5 Å². The Morgan fingerprint density at radius 3 is 2.67 bits per heavy atom. The number of halogens is 3. The zero-order valence-electron chi connectivity index (χ0n) is 24.6. The van der Waals surface area contributed by atoms with E-state index in [-0.39, 0.29) is 47.4 Å². The number of hydrogen-bond acceptors (Lipinski definition) is 6. The van der Waals surface area contributed by atoms with Gasteiger partial charge in [-0.3, -0.25) is 9.69 Å². The molecule has 3 heterocycles. The van der Waals surface area contributed by atoms with Crippen LogP contribution in [0.15, 0.2) is 54.6 Å². The lowest BCUT2D eigenvalue weighted by Gasteiger charge is -2.40. The van der Waals surface area contributed by atoms with Crippen LogP contribution < -0.4 is 14.8 Å². The summed E-state index contributed by atoms with van der Waals surface area (Å²) < 4.78 is 29.6. The maximum absolute atomic E-state index is 16.0. The summed E-state index contributed by atoms with van der Waals surface area (Å²) in [6.07, 6.45) is 2.10. The largest absolute Gasteiger partial charge is 0.496 e. The highest BCUT2D eigenvalue weighted by Crippen LogP contribution is 2.54. The lowest BCUT2D eigenvalue weighted by Crippen LogP contribution is -2.57. The smallest absolute Gasteiger partial charge is 0.339 e. The Kier molecular flexibility index (Phi) is 7.42. The monoisotopic (exact) mass is 652 g/mol. The fraction of sp³-hybridized carbons (Fsp3) is 0.364. The van der Waals surface area contributed by atoms with E-state index in [0.717, 1.165) is 12.8 Å². The van der Waals surface area contributed by atoms with Gasteiger partial charge in [-0.15, -0.1) is 0 Å². The Bertz CT molecular complexity index is 1850. The second-order valence-corrected chi connectivity index (χ2v) is 13.1. The van der Waals surface area contributed by atoms with Gasteiger partial charge < -0.3 is 19.9 Å². The summed E-state index contributed by atoms with van der Waals surface area (Å²) >= 11 is 12.6. The van der Waals surface area contributed by atoms with Crippen molar-refractivity contribution in [2.45, 2.75) is 43.8 Å². The number of aromatic nitrogens is 2. The van der Waals surface area contributed by atoms with E-state index in [1.165, 1.54) is 19.2 Å². The van der Waals surface area contributed by atoms with Gasteiger partial charge in [0.1, 0.15) is 29.3 Å². The molecule has 1 saturated heterocycles. The second kappa shape index (κ2) is 11.2. The number of carbonyl (C=O) groups excluding carboxylic acids is 1. The number of carboxylic acid groups (broad SMARTS) is 1. The van der Waals surface area contributed by atoms with Crippen molar-refractivity contribution in [1.29, 1.82) is 0 Å². The number of anilines is 1. The van der Waals surface area contributed by atoms with Crippen LogP contribution in [0.2, 0.25) is 10.0 Å². The first kappa shape index (κ1) is 29.8. The highest BCUT2D eigenvalue weighted by Gasteiger charge is 2.62. The summed E-state index contributed by atoms with van der Waals surface area (Å²) in [6, 6.07) is 14.7. The molecule has 3 aromatic carbocycles. The summed E-state index contributed by atoms with van der Waals surface area (Å²) in [5, 5.41) is 18.6. The maximum atomic E-state index is 16.0. The Balaban J connectivity index is 1.38. The molecule has 0 spiro atoms. The van der Waals surface area contributed by atoms with Crippen molar-refractivity contribution in [3.63, 3.8) is 0 Å². The summed E-state index contributed by atoms with van der Waals surface area (Å²) in [6.45, 7) is 3.01. The van der Waals surface area contributed by atoms with Gasteiger partial charge in [-0.25, -0.2) is 13.9 Å². The van der Waals surface area contributed by atoms with Crippen LogP contribution in [0.25, 0.3) is 10.9 Å². The minimum absolute atomic E-state index is 0.0169. The molecule has 1 aromatic heterocycles. The van der Waals surface area contributed by atoms with Gasteiger partial charge >= 0.3 is 5.97 Å². The Hall–Kier alpha value is -3.86. The molecule has 1 aliphatic carbocycles. The third kappa shape index (κ3) is 4.99. The molecule has 4 atom stereocenters. The van der Waals surface area contributed by atoms with Crippen LogP contribution in [0.3, 0.4) is 0 Å². The SMILES string of the molecule is COc1cc2c3n(nc2cc1C(=O)O)C[C@@H]1[C@H](CO3)N(CC2CC2)[C@@](C)(C(=O)Nc2cccc(Cl)c2)[C@H]1c1cccc(Cl)c1F. The highest BCUT2D eigenvalue weighted by atomic mass is 35.5. The van der Waals surface area contributed by atoms with Crippen molar-refractivity contribution >= 4 is 51.7 Å². The van der Waals surface area contributed by atoms with Crippen molar-refractivity contribution in [1.82, 2.24) is 14.7 Å². The molecule has 45 heavy (non-hydrogen) atoms. The lowest BCUT2D eigenvalue weighted by molar-refractivity contribution is -0.127. The number of hydrogen-bond donors (Lipinski definition) is 2. The van der Waals surface area contributed by atoms with Crippen LogP contribution >= 0.6 is 23.2 Å². The number of ether oxygens (including phenoxy) is 2. The predicted molar refractivity (Wildman–Crippen MR) is 168 cm³/mol. The number of carbonyl (C=O) groups is 2. The van der Waals surface area contributed by atoms with Crippen LogP contribution in [-0.4, -0.2) is 63.5 Å². The quantitative estimate of drug-likeness (QED) is 0.236. The van der Waals surface area contributed by atoms with E-state index >= 15 is 4.39 Å². The molecular formula is C33H31Cl2FN4O5. The molecule has 0 radical (unpaired) electrons. The first-order valence-corrected chi connectivity index (χ1v) is 15.6. The number of likely N-dealkylation sites (tertiary alicyclic amines) is 1. The summed E-state index contributed by atoms with van der Waals surface area (Å²) in [5.41, 5.74) is 0.0871. The fourth-order valence-electron chi connectivity index (χ4n) is 7.24. The van der Waals surface area contributed by atoms with E-state index < -0.39 is 23.2 Å². The highest BCUT2D eigenvalue weighted by molar-refractivity contribution is 6.31. The zero-order chi connectivity index (χ0) is 31.6. The lowest BCUT2D eigenvalue weighted by atomic mass is 9.74. The van der Waals surface area contributed by atoms with Crippen molar-refractivity contribution in [3.05, 3.63) is 81.6 Å². The van der Waals surface area contributed by atoms with E-state index in [4.69, 9.17) is 37.8 Å². The minimum Gasteiger partial charge on any atom is -0.496 e. The zero-order valence-corrected chi connectivity index (χ0v) is 26.1. The third-order valence-electron chi connectivity index (χ3n) is 9.55. The maximum Gasteiger partial charge on any atom is 0.339 e. The molecule has 2 N–H and O–H groups in total. The van der Waals surface area contributed by atoms with Gasteiger partial charge in [-0.1, -0.05) is 41.4 Å². The third-order valence-corrected chi connectivity index (χ3v) is 10.1. The molecule has 9 nitrogen and oxygen atoms in total. The molecule has 4 aromatic rings. The molecule has 2 fully saturated rings. The summed E-state index contributed by atoms with van der Waals surface area (Å²) in [5.74, 6) is -1.90. The average molecular weight is 654 g/mol. The van der Waals surface area contributed by atoms with Gasteiger partial charge in [-0.2, -0.15) is 5.10 Å². The molecular weight excluding hydrogens is 622 g/mol. The van der Waals surface area contributed by atoms with Gasteiger partial charge in [0, 0.05) is 35.6 Å². The number of carboxylic acids is 1. The topological polar surface area (TPSA) is 106 Å². The second-order valence-electron chi connectivity index (χ2n) is 12.2. The van der Waals surface area contributed by atoms with E-state index in [1.807, 2.05) is 6.92 Å². The molecule has 234 valence electrons. The Morgan fingerprint density at radius 2 is 1.96 bits per heavy atom. The van der Waals surface area contributed by atoms with Crippen molar-refractivity contribution < 1.29 is 28.6 Å². The van der Waals surface area contributed by atoms with Gasteiger partial charge in [0.25, 0.3) is 0 Å². The van der Waals surface area contributed by atoms with Gasteiger partial charge in [0.15, 0.2) is 0 Å². The van der Waals surface area contributed by atoms with Crippen molar-refractivity contribution in [2.24, 2.45) is 11.8 Å². The number of benzene rings is 3. The van der Waals surface area contributed by atoms with Crippen LogP contribution in [0, 0.1) is 17.7 Å². The Labute approximate surface area is 268 Å².